The van der Waals surface area contributed by atoms with Gasteiger partial charge in [-0.15, -0.1) is 6.58 Å². The molecule has 0 aliphatic rings. The first-order valence-electron chi connectivity index (χ1n) is 4.88. The van der Waals surface area contributed by atoms with Gasteiger partial charge >= 0.3 is 0 Å². The lowest BCUT2D eigenvalue weighted by Crippen LogP contribution is -2.15. The predicted octanol–water partition coefficient (Wildman–Crippen LogP) is 3.02. The third-order valence-corrected chi connectivity index (χ3v) is 2.06. The van der Waals surface area contributed by atoms with Gasteiger partial charge in [-0.1, -0.05) is 11.6 Å². The summed E-state index contributed by atoms with van der Waals surface area (Å²) >= 11 is 0. The van der Waals surface area contributed by atoms with Crippen LogP contribution in [0.2, 0.25) is 0 Å². The Morgan fingerprint density at radius 1 is 1.40 bits per heavy atom. The van der Waals surface area contributed by atoms with E-state index in [0.29, 0.717) is 12.1 Å². The van der Waals surface area contributed by atoms with E-state index >= 15 is 0 Å². The Bertz CT molecular complexity index is 347. The largest absolute Gasteiger partial charge is 0.312 e. The van der Waals surface area contributed by atoms with Crippen LogP contribution in [0.25, 0.3) is 0 Å². The van der Waals surface area contributed by atoms with Gasteiger partial charge in [-0.05, 0) is 26.0 Å². The molecular formula is C12H15F2N. The van der Waals surface area contributed by atoms with Crippen molar-refractivity contribution < 1.29 is 8.78 Å². The van der Waals surface area contributed by atoms with Gasteiger partial charge in [0.05, 0.1) is 0 Å². The second kappa shape index (κ2) is 5.61. The maximum atomic E-state index is 13.1. The third-order valence-electron chi connectivity index (χ3n) is 2.06. The van der Waals surface area contributed by atoms with Crippen molar-refractivity contribution >= 4 is 0 Å². The summed E-state index contributed by atoms with van der Waals surface area (Å²) in [6.07, 6.45) is 0.864. The zero-order chi connectivity index (χ0) is 11.3. The molecule has 1 aromatic carbocycles. The molecule has 15 heavy (non-hydrogen) atoms. The molecular weight excluding hydrogens is 196 g/mol. The van der Waals surface area contributed by atoms with Crippen LogP contribution in [0.15, 0.2) is 30.4 Å². The molecule has 1 nitrogen and oxygen atoms in total. The Kier molecular flexibility index (Phi) is 4.43. The van der Waals surface area contributed by atoms with E-state index in [9.17, 15) is 8.78 Å². The first-order valence-corrected chi connectivity index (χ1v) is 4.88. The second-order valence-electron chi connectivity index (χ2n) is 3.62. The predicted molar refractivity (Wildman–Crippen MR) is 57.5 cm³/mol. The molecule has 1 aromatic rings. The van der Waals surface area contributed by atoms with Crippen molar-refractivity contribution in [3.63, 3.8) is 0 Å². The molecule has 0 amide bonds. The van der Waals surface area contributed by atoms with E-state index < -0.39 is 11.6 Å². The number of benzene rings is 1. The summed E-state index contributed by atoms with van der Waals surface area (Å²) < 4.78 is 25.7. The van der Waals surface area contributed by atoms with Crippen LogP contribution >= 0.6 is 0 Å². The minimum Gasteiger partial charge on any atom is -0.312 e. The van der Waals surface area contributed by atoms with Crippen LogP contribution in [-0.4, -0.2) is 6.54 Å². The average Bonchev–Trinajstić information content (AvgIpc) is 2.14. The standard InChI is InChI=1S/C12H15F2N/c1-9(2)5-6-15-8-10-3-4-11(13)7-12(10)14/h3-4,7,15H,1,5-6,8H2,2H3. The number of nitrogens with one attached hydrogen (secondary N) is 1. The van der Waals surface area contributed by atoms with Crippen molar-refractivity contribution in [2.45, 2.75) is 19.9 Å². The molecule has 0 unspecified atom stereocenters. The first-order chi connectivity index (χ1) is 7.09. The van der Waals surface area contributed by atoms with E-state index in [-0.39, 0.29) is 0 Å². The SMILES string of the molecule is C=C(C)CCNCc1ccc(F)cc1F. The average molecular weight is 211 g/mol. The maximum Gasteiger partial charge on any atom is 0.130 e. The molecule has 0 saturated heterocycles. The lowest BCUT2D eigenvalue weighted by atomic mass is 10.2. The van der Waals surface area contributed by atoms with Gasteiger partial charge in [-0.2, -0.15) is 0 Å². The van der Waals surface area contributed by atoms with Gasteiger partial charge in [0.15, 0.2) is 0 Å². The van der Waals surface area contributed by atoms with Crippen molar-refractivity contribution in [1.82, 2.24) is 5.32 Å². The Morgan fingerprint density at radius 2 is 2.13 bits per heavy atom. The van der Waals surface area contributed by atoms with Crippen molar-refractivity contribution in [3.05, 3.63) is 47.5 Å². The Morgan fingerprint density at radius 3 is 2.73 bits per heavy atom. The summed E-state index contributed by atoms with van der Waals surface area (Å²) in [5.41, 5.74) is 1.57. The number of halogens is 2. The van der Waals surface area contributed by atoms with Gasteiger partial charge in [0, 0.05) is 18.2 Å². The molecule has 0 heterocycles. The molecule has 1 rings (SSSR count). The van der Waals surface area contributed by atoms with E-state index in [1.54, 1.807) is 0 Å². The van der Waals surface area contributed by atoms with Gasteiger partial charge < -0.3 is 5.32 Å². The smallest absolute Gasteiger partial charge is 0.130 e. The van der Waals surface area contributed by atoms with Crippen LogP contribution in [0.1, 0.15) is 18.9 Å². The van der Waals surface area contributed by atoms with Crippen molar-refractivity contribution in [2.75, 3.05) is 6.54 Å². The van der Waals surface area contributed by atoms with Crippen LogP contribution in [0, 0.1) is 11.6 Å². The Balaban J connectivity index is 2.40. The van der Waals surface area contributed by atoms with Crippen molar-refractivity contribution in [1.29, 1.82) is 0 Å². The number of hydrogen-bond donors (Lipinski definition) is 1. The highest BCUT2D eigenvalue weighted by atomic mass is 19.1. The van der Waals surface area contributed by atoms with Gasteiger partial charge in [0.2, 0.25) is 0 Å². The molecule has 1 N–H and O–H groups in total. The van der Waals surface area contributed by atoms with Crippen LogP contribution < -0.4 is 5.32 Å². The fraction of sp³-hybridized carbons (Fsp3) is 0.333. The molecule has 0 atom stereocenters. The van der Waals surface area contributed by atoms with Crippen LogP contribution in [0.4, 0.5) is 8.78 Å². The quantitative estimate of drug-likeness (QED) is 0.583. The lowest BCUT2D eigenvalue weighted by Gasteiger charge is -2.05. The molecule has 0 bridgehead atoms. The fourth-order valence-electron chi connectivity index (χ4n) is 1.19. The summed E-state index contributed by atoms with van der Waals surface area (Å²) in [6, 6.07) is 3.62. The maximum absolute atomic E-state index is 13.1. The van der Waals surface area contributed by atoms with Gasteiger partial charge in [-0.25, -0.2) is 8.78 Å². The molecule has 0 aliphatic heterocycles. The van der Waals surface area contributed by atoms with Crippen molar-refractivity contribution in [3.8, 4) is 0 Å². The van der Waals surface area contributed by atoms with E-state index in [1.807, 2.05) is 6.92 Å². The van der Waals surface area contributed by atoms with Gasteiger partial charge in [0.25, 0.3) is 0 Å². The Labute approximate surface area is 88.8 Å². The second-order valence-corrected chi connectivity index (χ2v) is 3.62. The number of rotatable bonds is 5. The topological polar surface area (TPSA) is 12.0 Å². The highest BCUT2D eigenvalue weighted by molar-refractivity contribution is 5.18. The first kappa shape index (κ1) is 11.9. The normalized spacial score (nSPS) is 10.3. The van der Waals surface area contributed by atoms with Gasteiger partial charge in [0.1, 0.15) is 11.6 Å². The number of hydrogen-bond acceptors (Lipinski definition) is 1. The minimum absolute atomic E-state index is 0.416. The summed E-state index contributed by atoms with van der Waals surface area (Å²) in [7, 11) is 0. The molecule has 3 heteroatoms. The summed E-state index contributed by atoms with van der Waals surface area (Å²) in [5, 5.41) is 3.07. The summed E-state index contributed by atoms with van der Waals surface area (Å²) in [4.78, 5) is 0. The highest BCUT2D eigenvalue weighted by Crippen LogP contribution is 2.09. The van der Waals surface area contributed by atoms with E-state index in [1.165, 1.54) is 12.1 Å². The zero-order valence-corrected chi connectivity index (χ0v) is 8.82. The monoisotopic (exact) mass is 211 g/mol. The van der Waals surface area contributed by atoms with E-state index in [2.05, 4.69) is 11.9 Å². The molecule has 0 aliphatic carbocycles. The molecule has 0 saturated carbocycles. The van der Waals surface area contributed by atoms with Crippen LogP contribution in [0.3, 0.4) is 0 Å². The molecule has 0 aromatic heterocycles. The van der Waals surface area contributed by atoms with E-state index in [0.717, 1.165) is 24.6 Å². The highest BCUT2D eigenvalue weighted by Gasteiger charge is 2.02. The van der Waals surface area contributed by atoms with E-state index in [4.69, 9.17) is 0 Å². The fourth-order valence-corrected chi connectivity index (χ4v) is 1.19. The zero-order valence-electron chi connectivity index (χ0n) is 8.82. The molecule has 0 radical (unpaired) electrons. The molecule has 0 spiro atoms. The van der Waals surface area contributed by atoms with Crippen molar-refractivity contribution in [2.24, 2.45) is 0 Å². The minimum atomic E-state index is -0.543. The van der Waals surface area contributed by atoms with Crippen LogP contribution in [-0.2, 0) is 6.54 Å². The Hall–Kier alpha value is -1.22. The summed E-state index contributed by atoms with van der Waals surface area (Å²) in [6.45, 7) is 6.88. The summed E-state index contributed by atoms with van der Waals surface area (Å²) in [5.74, 6) is -1.05. The molecule has 82 valence electrons. The lowest BCUT2D eigenvalue weighted by molar-refractivity contribution is 0.560. The van der Waals surface area contributed by atoms with Crippen LogP contribution in [0.5, 0.6) is 0 Å². The third kappa shape index (κ3) is 4.21. The molecule has 0 fully saturated rings. The van der Waals surface area contributed by atoms with Gasteiger partial charge in [-0.3, -0.25) is 0 Å².